The Kier molecular flexibility index (Phi) is 2.81. The van der Waals surface area contributed by atoms with E-state index >= 15 is 0 Å². The van der Waals surface area contributed by atoms with Crippen molar-refractivity contribution >= 4 is 23.7 Å². The summed E-state index contributed by atoms with van der Waals surface area (Å²) in [5.74, 6) is -0.258. The molecule has 1 aliphatic heterocycles. The minimum Gasteiger partial charge on any atom is -0.462 e. The normalized spacial score (nSPS) is 14.3. The summed E-state index contributed by atoms with van der Waals surface area (Å²) in [5.41, 5.74) is 0.732. The summed E-state index contributed by atoms with van der Waals surface area (Å²) in [7, 11) is 0. The molecule has 0 atom stereocenters. The van der Waals surface area contributed by atoms with Crippen molar-refractivity contribution in [3.63, 3.8) is 0 Å². The summed E-state index contributed by atoms with van der Waals surface area (Å²) >= 11 is 1.31. The number of nitrogens with one attached hydrogen (secondary N) is 1. The molecule has 0 unspecified atom stereocenters. The third kappa shape index (κ3) is 2.41. The topological polar surface area (TPSA) is 33.6 Å². The molecule has 0 bridgehead atoms. The maximum absolute atomic E-state index is 12.9. The van der Waals surface area contributed by atoms with E-state index in [1.54, 1.807) is 6.07 Å². The van der Waals surface area contributed by atoms with E-state index in [9.17, 15) is 4.39 Å². The molecule has 0 spiro atoms. The van der Waals surface area contributed by atoms with Gasteiger partial charge in [0, 0.05) is 0 Å². The van der Waals surface area contributed by atoms with Gasteiger partial charge in [0.1, 0.15) is 5.82 Å². The van der Waals surface area contributed by atoms with E-state index < -0.39 is 0 Å². The van der Waals surface area contributed by atoms with Crippen molar-refractivity contribution in [3.05, 3.63) is 24.0 Å². The summed E-state index contributed by atoms with van der Waals surface area (Å²) in [4.78, 5) is 4.99. The van der Waals surface area contributed by atoms with Gasteiger partial charge in [-0.05, 0) is 44.0 Å². The number of aliphatic imine (C=N–C) groups is 1. The Labute approximate surface area is 91.9 Å². The number of rotatable bonds is 1. The van der Waals surface area contributed by atoms with Crippen molar-refractivity contribution in [1.29, 1.82) is 0 Å². The SMILES string of the molecule is CC(C)OC1=Nc2ccc(F)cc2SN1. The van der Waals surface area contributed by atoms with Gasteiger partial charge in [-0.3, -0.25) is 4.72 Å². The van der Waals surface area contributed by atoms with Gasteiger partial charge in [-0.15, -0.1) is 0 Å². The fraction of sp³-hybridized carbons (Fsp3) is 0.300. The minimum atomic E-state index is -0.258. The molecule has 1 aliphatic rings. The lowest BCUT2D eigenvalue weighted by atomic mass is 10.3. The van der Waals surface area contributed by atoms with Gasteiger partial charge < -0.3 is 4.74 Å². The smallest absolute Gasteiger partial charge is 0.300 e. The van der Waals surface area contributed by atoms with Crippen LogP contribution in [0.2, 0.25) is 0 Å². The minimum absolute atomic E-state index is 0.0684. The number of ether oxygens (including phenoxy) is 1. The number of halogens is 1. The third-order valence-corrected chi connectivity index (χ3v) is 2.56. The molecule has 0 aliphatic carbocycles. The zero-order valence-corrected chi connectivity index (χ0v) is 9.27. The highest BCUT2D eigenvalue weighted by atomic mass is 32.2. The molecular formula is C10H11FN2OS. The van der Waals surface area contributed by atoms with Crippen molar-refractivity contribution < 1.29 is 9.13 Å². The molecule has 1 heterocycles. The van der Waals surface area contributed by atoms with E-state index in [0.717, 1.165) is 10.6 Å². The quantitative estimate of drug-likeness (QED) is 0.747. The van der Waals surface area contributed by atoms with E-state index in [1.807, 2.05) is 13.8 Å². The van der Waals surface area contributed by atoms with Gasteiger partial charge in [0.25, 0.3) is 0 Å². The Balaban J connectivity index is 2.25. The fourth-order valence-corrected chi connectivity index (χ4v) is 1.85. The third-order valence-electron chi connectivity index (χ3n) is 1.74. The average Bonchev–Trinajstić information content (AvgIpc) is 2.17. The first kappa shape index (κ1) is 10.3. The maximum Gasteiger partial charge on any atom is 0.300 e. The molecule has 0 saturated carbocycles. The number of benzene rings is 1. The Hall–Kier alpha value is -1.23. The Morgan fingerprint density at radius 2 is 2.27 bits per heavy atom. The molecule has 15 heavy (non-hydrogen) atoms. The first-order valence-corrected chi connectivity index (χ1v) is 5.44. The highest BCUT2D eigenvalue weighted by Gasteiger charge is 2.14. The summed E-state index contributed by atoms with van der Waals surface area (Å²) in [6, 6.07) is 4.94. The number of amidine groups is 1. The van der Waals surface area contributed by atoms with Crippen LogP contribution in [-0.4, -0.2) is 12.1 Å². The lowest BCUT2D eigenvalue weighted by molar-refractivity contribution is 0.222. The molecule has 5 heteroatoms. The molecule has 2 rings (SSSR count). The number of hydrogen-bond donors (Lipinski definition) is 1. The molecule has 1 aromatic carbocycles. The maximum atomic E-state index is 12.9. The molecule has 0 saturated heterocycles. The van der Waals surface area contributed by atoms with Gasteiger partial charge in [0.05, 0.1) is 16.7 Å². The number of nitrogens with zero attached hydrogens (tertiary/aromatic N) is 1. The standard InChI is InChI=1S/C10H11FN2OS/c1-6(2)14-10-12-8-4-3-7(11)5-9(8)15-13-10/h3-6H,1-2H3,(H,12,13). The van der Waals surface area contributed by atoms with Gasteiger partial charge in [-0.25, -0.2) is 4.39 Å². The van der Waals surface area contributed by atoms with Crippen LogP contribution in [-0.2, 0) is 4.74 Å². The summed E-state index contributed by atoms with van der Waals surface area (Å²) in [6.07, 6.45) is 0.0684. The van der Waals surface area contributed by atoms with E-state index in [0.29, 0.717) is 6.02 Å². The van der Waals surface area contributed by atoms with E-state index in [2.05, 4.69) is 9.71 Å². The second-order valence-corrected chi connectivity index (χ2v) is 4.25. The molecule has 1 aromatic rings. The van der Waals surface area contributed by atoms with Crippen LogP contribution in [0.1, 0.15) is 13.8 Å². The van der Waals surface area contributed by atoms with Gasteiger partial charge >= 0.3 is 6.02 Å². The number of hydrogen-bond acceptors (Lipinski definition) is 4. The predicted octanol–water partition coefficient (Wildman–Crippen LogP) is 2.85. The Morgan fingerprint density at radius 3 is 3.00 bits per heavy atom. The molecule has 0 fully saturated rings. The van der Waals surface area contributed by atoms with Gasteiger partial charge in [-0.1, -0.05) is 0 Å². The first-order valence-electron chi connectivity index (χ1n) is 4.63. The van der Waals surface area contributed by atoms with E-state index in [4.69, 9.17) is 4.74 Å². The highest BCUT2D eigenvalue weighted by molar-refractivity contribution is 7.98. The van der Waals surface area contributed by atoms with Crippen molar-refractivity contribution in [3.8, 4) is 0 Å². The Bertz CT molecular complexity index is 406. The molecule has 1 N–H and O–H groups in total. The predicted molar refractivity (Wildman–Crippen MR) is 58.7 cm³/mol. The van der Waals surface area contributed by atoms with Crippen LogP contribution in [0.15, 0.2) is 28.1 Å². The molecule has 0 radical (unpaired) electrons. The second kappa shape index (κ2) is 4.10. The van der Waals surface area contributed by atoms with Gasteiger partial charge in [-0.2, -0.15) is 4.99 Å². The van der Waals surface area contributed by atoms with E-state index in [1.165, 1.54) is 24.1 Å². The highest BCUT2D eigenvalue weighted by Crippen LogP contribution is 2.31. The summed E-state index contributed by atoms with van der Waals surface area (Å²) in [5, 5.41) is 0. The zero-order valence-electron chi connectivity index (χ0n) is 8.45. The second-order valence-electron chi connectivity index (χ2n) is 3.40. The van der Waals surface area contributed by atoms with Crippen molar-refractivity contribution in [1.82, 2.24) is 4.72 Å². The molecular weight excluding hydrogens is 215 g/mol. The summed E-state index contributed by atoms with van der Waals surface area (Å²) < 4.78 is 21.2. The van der Waals surface area contributed by atoms with Crippen LogP contribution in [0.4, 0.5) is 10.1 Å². The largest absolute Gasteiger partial charge is 0.462 e. The first-order chi connectivity index (χ1) is 7.15. The molecule has 0 aromatic heterocycles. The van der Waals surface area contributed by atoms with Crippen LogP contribution in [0.25, 0.3) is 0 Å². The van der Waals surface area contributed by atoms with Gasteiger partial charge in [0.15, 0.2) is 0 Å². The van der Waals surface area contributed by atoms with E-state index in [-0.39, 0.29) is 11.9 Å². The van der Waals surface area contributed by atoms with Crippen LogP contribution < -0.4 is 4.72 Å². The van der Waals surface area contributed by atoms with Crippen LogP contribution >= 0.6 is 11.9 Å². The average molecular weight is 226 g/mol. The lowest BCUT2D eigenvalue weighted by Gasteiger charge is -2.18. The zero-order chi connectivity index (χ0) is 10.8. The van der Waals surface area contributed by atoms with Gasteiger partial charge in [0.2, 0.25) is 0 Å². The monoisotopic (exact) mass is 226 g/mol. The molecule has 80 valence electrons. The van der Waals surface area contributed by atoms with Crippen molar-refractivity contribution in [2.75, 3.05) is 0 Å². The molecule has 0 amide bonds. The summed E-state index contributed by atoms with van der Waals surface area (Å²) in [6.45, 7) is 3.85. The van der Waals surface area contributed by atoms with Crippen LogP contribution in [0, 0.1) is 5.82 Å². The lowest BCUT2D eigenvalue weighted by Crippen LogP contribution is -2.24. The Morgan fingerprint density at radius 1 is 1.47 bits per heavy atom. The molecule has 3 nitrogen and oxygen atoms in total. The van der Waals surface area contributed by atoms with Crippen molar-refractivity contribution in [2.24, 2.45) is 4.99 Å². The fourth-order valence-electron chi connectivity index (χ4n) is 1.17. The van der Waals surface area contributed by atoms with Crippen LogP contribution in [0.3, 0.4) is 0 Å². The van der Waals surface area contributed by atoms with Crippen LogP contribution in [0.5, 0.6) is 0 Å². The number of fused-ring (bicyclic) bond motifs is 1. The van der Waals surface area contributed by atoms with Crippen molar-refractivity contribution in [2.45, 2.75) is 24.8 Å².